The Kier molecular flexibility index (Phi) is 3.77. The maximum Gasteiger partial charge on any atom is 0.244 e. The molecule has 1 aliphatic heterocycles. The smallest absolute Gasteiger partial charge is 0.244 e. The maximum atomic E-state index is 12.1. The van der Waals surface area contributed by atoms with Gasteiger partial charge in [0.05, 0.1) is 17.3 Å². The molecule has 1 fully saturated rings. The number of benzene rings is 1. The highest BCUT2D eigenvalue weighted by Gasteiger charge is 2.30. The molecule has 1 unspecified atom stereocenters. The Morgan fingerprint density at radius 3 is 3.10 bits per heavy atom. The summed E-state index contributed by atoms with van der Waals surface area (Å²) in [5.74, 6) is -0.203. The first-order valence-corrected chi connectivity index (χ1v) is 7.39. The molecule has 0 bridgehead atoms. The summed E-state index contributed by atoms with van der Waals surface area (Å²) < 4.78 is 0. The van der Waals surface area contributed by atoms with Crippen molar-refractivity contribution in [3.63, 3.8) is 0 Å². The van der Waals surface area contributed by atoms with Crippen molar-refractivity contribution in [3.05, 3.63) is 35.2 Å². The molecule has 1 aromatic heterocycles. The van der Waals surface area contributed by atoms with E-state index in [-0.39, 0.29) is 5.91 Å². The van der Waals surface area contributed by atoms with Gasteiger partial charge in [-0.1, -0.05) is 12.1 Å². The van der Waals surface area contributed by atoms with Crippen molar-refractivity contribution in [1.82, 2.24) is 10.3 Å². The van der Waals surface area contributed by atoms with Crippen LogP contribution in [0.5, 0.6) is 0 Å². The SMILES string of the molecule is O=C(Nc1cccc(-c2cscn2)c1)[C@H]1NCCC1O. The molecule has 0 aliphatic carbocycles. The van der Waals surface area contributed by atoms with E-state index < -0.39 is 12.1 Å². The summed E-state index contributed by atoms with van der Waals surface area (Å²) in [4.78, 5) is 16.3. The van der Waals surface area contributed by atoms with Crippen LogP contribution < -0.4 is 10.6 Å². The van der Waals surface area contributed by atoms with E-state index in [1.54, 1.807) is 5.51 Å². The molecule has 104 valence electrons. The third-order valence-electron chi connectivity index (χ3n) is 3.33. The summed E-state index contributed by atoms with van der Waals surface area (Å²) in [6.07, 6.45) is -0.00606. The van der Waals surface area contributed by atoms with Gasteiger partial charge in [0.2, 0.25) is 5.91 Å². The molecule has 2 heterocycles. The van der Waals surface area contributed by atoms with Gasteiger partial charge >= 0.3 is 0 Å². The minimum Gasteiger partial charge on any atom is -0.391 e. The van der Waals surface area contributed by atoms with Gasteiger partial charge < -0.3 is 15.7 Å². The van der Waals surface area contributed by atoms with Gasteiger partial charge in [0, 0.05) is 16.6 Å². The fourth-order valence-electron chi connectivity index (χ4n) is 2.29. The minimum absolute atomic E-state index is 0.203. The Hall–Kier alpha value is -1.76. The van der Waals surface area contributed by atoms with Crippen LogP contribution in [0.15, 0.2) is 35.2 Å². The van der Waals surface area contributed by atoms with E-state index in [1.165, 1.54) is 11.3 Å². The lowest BCUT2D eigenvalue weighted by atomic mass is 10.1. The van der Waals surface area contributed by atoms with Crippen LogP contribution in [0.1, 0.15) is 6.42 Å². The predicted molar refractivity (Wildman–Crippen MR) is 78.6 cm³/mol. The second kappa shape index (κ2) is 5.70. The predicted octanol–water partition coefficient (Wildman–Crippen LogP) is 1.47. The molecule has 1 saturated heterocycles. The van der Waals surface area contributed by atoms with Crippen LogP contribution in [-0.2, 0) is 4.79 Å². The van der Waals surface area contributed by atoms with Gasteiger partial charge in [0.25, 0.3) is 0 Å². The van der Waals surface area contributed by atoms with Crippen molar-refractivity contribution in [2.45, 2.75) is 18.6 Å². The molecule has 0 radical (unpaired) electrons. The van der Waals surface area contributed by atoms with Crippen molar-refractivity contribution >= 4 is 22.9 Å². The first-order chi connectivity index (χ1) is 9.74. The second-order valence-electron chi connectivity index (χ2n) is 4.73. The number of nitrogens with one attached hydrogen (secondary N) is 2. The van der Waals surface area contributed by atoms with Gasteiger partial charge in [0.15, 0.2) is 0 Å². The average Bonchev–Trinajstić information content (AvgIpc) is 3.09. The third kappa shape index (κ3) is 2.72. The van der Waals surface area contributed by atoms with Crippen LogP contribution in [0.2, 0.25) is 0 Å². The highest BCUT2D eigenvalue weighted by atomic mass is 32.1. The fourth-order valence-corrected chi connectivity index (χ4v) is 2.85. The summed E-state index contributed by atoms with van der Waals surface area (Å²) in [7, 11) is 0. The number of aliphatic hydroxyl groups excluding tert-OH is 1. The Bertz CT molecular complexity index is 600. The zero-order valence-electron chi connectivity index (χ0n) is 10.7. The Balaban J connectivity index is 1.74. The Labute approximate surface area is 120 Å². The molecule has 2 aromatic rings. The van der Waals surface area contributed by atoms with E-state index in [0.717, 1.165) is 11.3 Å². The van der Waals surface area contributed by atoms with Crippen molar-refractivity contribution in [2.75, 3.05) is 11.9 Å². The van der Waals surface area contributed by atoms with Gasteiger partial charge in [-0.25, -0.2) is 4.98 Å². The van der Waals surface area contributed by atoms with Crippen molar-refractivity contribution in [1.29, 1.82) is 0 Å². The van der Waals surface area contributed by atoms with Crippen molar-refractivity contribution in [3.8, 4) is 11.3 Å². The van der Waals surface area contributed by atoms with Gasteiger partial charge in [-0.05, 0) is 25.1 Å². The lowest BCUT2D eigenvalue weighted by molar-refractivity contribution is -0.119. The second-order valence-corrected chi connectivity index (χ2v) is 5.45. The van der Waals surface area contributed by atoms with E-state index in [1.807, 2.05) is 29.6 Å². The molecular formula is C14H15N3O2S. The number of nitrogens with zero attached hydrogens (tertiary/aromatic N) is 1. The molecule has 6 heteroatoms. The largest absolute Gasteiger partial charge is 0.391 e. The molecule has 3 rings (SSSR count). The van der Waals surface area contributed by atoms with Crippen molar-refractivity contribution < 1.29 is 9.90 Å². The van der Waals surface area contributed by atoms with E-state index in [2.05, 4.69) is 15.6 Å². The molecule has 1 aromatic carbocycles. The van der Waals surface area contributed by atoms with Gasteiger partial charge in [-0.15, -0.1) is 11.3 Å². The first-order valence-electron chi connectivity index (χ1n) is 6.45. The molecule has 20 heavy (non-hydrogen) atoms. The highest BCUT2D eigenvalue weighted by Crippen LogP contribution is 2.22. The number of aromatic nitrogens is 1. The summed E-state index contributed by atoms with van der Waals surface area (Å²) >= 11 is 1.53. The normalized spacial score (nSPS) is 21.9. The van der Waals surface area contributed by atoms with E-state index in [0.29, 0.717) is 18.7 Å². The number of anilines is 1. The molecule has 1 amide bonds. The molecule has 2 atom stereocenters. The standard InChI is InChI=1S/C14H15N3O2S/c18-12-4-5-15-13(12)14(19)17-10-3-1-2-9(6-10)11-7-20-8-16-11/h1-3,6-8,12-13,15,18H,4-5H2,(H,17,19)/t12?,13-/m0/s1. The fraction of sp³-hybridized carbons (Fsp3) is 0.286. The minimum atomic E-state index is -0.614. The molecule has 0 saturated carbocycles. The van der Waals surface area contributed by atoms with Gasteiger partial charge in [-0.3, -0.25) is 4.79 Å². The lowest BCUT2D eigenvalue weighted by Crippen LogP contribution is -2.42. The van der Waals surface area contributed by atoms with Crippen LogP contribution in [0.25, 0.3) is 11.3 Å². The van der Waals surface area contributed by atoms with Crippen molar-refractivity contribution in [2.24, 2.45) is 0 Å². The molecule has 5 nitrogen and oxygen atoms in total. The summed E-state index contributed by atoms with van der Waals surface area (Å²) in [6, 6.07) is 7.01. The zero-order chi connectivity index (χ0) is 13.9. The molecular weight excluding hydrogens is 274 g/mol. The first kappa shape index (κ1) is 13.2. The number of thiazole rings is 1. The van der Waals surface area contributed by atoms with E-state index >= 15 is 0 Å². The Morgan fingerprint density at radius 1 is 1.50 bits per heavy atom. The highest BCUT2D eigenvalue weighted by molar-refractivity contribution is 7.07. The number of carbonyl (C=O) groups is 1. The van der Waals surface area contributed by atoms with E-state index in [4.69, 9.17) is 0 Å². The van der Waals surface area contributed by atoms with Crippen LogP contribution in [0.3, 0.4) is 0 Å². The molecule has 3 N–H and O–H groups in total. The van der Waals surface area contributed by atoms with E-state index in [9.17, 15) is 9.90 Å². The Morgan fingerprint density at radius 2 is 2.40 bits per heavy atom. The van der Waals surface area contributed by atoms with Crippen LogP contribution in [-0.4, -0.2) is 34.7 Å². The zero-order valence-corrected chi connectivity index (χ0v) is 11.6. The average molecular weight is 289 g/mol. The van der Waals surface area contributed by atoms with Gasteiger partial charge in [0.1, 0.15) is 6.04 Å². The monoisotopic (exact) mass is 289 g/mol. The van der Waals surface area contributed by atoms with Crippen LogP contribution in [0, 0.1) is 0 Å². The number of hydrogen-bond donors (Lipinski definition) is 3. The summed E-state index contributed by atoms with van der Waals surface area (Å²) in [6.45, 7) is 0.665. The van der Waals surface area contributed by atoms with Crippen LogP contribution >= 0.6 is 11.3 Å². The number of rotatable bonds is 3. The van der Waals surface area contributed by atoms with Gasteiger partial charge in [-0.2, -0.15) is 0 Å². The molecule has 0 spiro atoms. The number of carbonyl (C=O) groups excluding carboxylic acids is 1. The summed E-state index contributed by atoms with van der Waals surface area (Å²) in [5.41, 5.74) is 4.34. The molecule has 1 aliphatic rings. The summed E-state index contributed by atoms with van der Waals surface area (Å²) in [5, 5.41) is 17.5. The lowest BCUT2D eigenvalue weighted by Gasteiger charge is -2.15. The van der Waals surface area contributed by atoms with Crippen LogP contribution in [0.4, 0.5) is 5.69 Å². The topological polar surface area (TPSA) is 74.2 Å². The maximum absolute atomic E-state index is 12.1. The number of aliphatic hydroxyl groups is 1. The third-order valence-corrected chi connectivity index (χ3v) is 3.92. The number of amides is 1. The number of hydrogen-bond acceptors (Lipinski definition) is 5. The quantitative estimate of drug-likeness (QED) is 0.800.